The maximum atomic E-state index is 5.76. The highest BCUT2D eigenvalue weighted by molar-refractivity contribution is 7.71. The molecule has 1 aromatic carbocycles. The minimum atomic E-state index is 0.883. The zero-order valence-electron chi connectivity index (χ0n) is 16.3. The van der Waals surface area contributed by atoms with Gasteiger partial charge in [0.2, 0.25) is 0 Å². The fourth-order valence-corrected chi connectivity index (χ4v) is 4.49. The third kappa shape index (κ3) is 3.12. The molecule has 0 unspecified atom stereocenters. The van der Waals surface area contributed by atoms with Crippen LogP contribution in [0.3, 0.4) is 0 Å². The summed E-state index contributed by atoms with van der Waals surface area (Å²) in [5.74, 6) is 0. The van der Waals surface area contributed by atoms with Crippen LogP contribution in [0.4, 0.5) is 0 Å². The van der Waals surface area contributed by atoms with Crippen molar-refractivity contribution in [1.82, 2.24) is 19.5 Å². The van der Waals surface area contributed by atoms with Crippen LogP contribution in [0, 0.1) is 4.77 Å². The quantitative estimate of drug-likeness (QED) is 0.609. The van der Waals surface area contributed by atoms with Crippen LogP contribution in [-0.2, 0) is 19.5 Å². The molecular weight excluding hydrogens is 354 g/mol. The molecule has 4 rings (SSSR count). The predicted octanol–water partition coefficient (Wildman–Crippen LogP) is 5.25. The van der Waals surface area contributed by atoms with Gasteiger partial charge in [0.1, 0.15) is 0 Å². The number of hydrogen-bond donors (Lipinski definition) is 2. The highest BCUT2D eigenvalue weighted by Crippen LogP contribution is 2.30. The molecule has 0 amide bonds. The highest BCUT2D eigenvalue weighted by atomic mass is 32.1. The number of benzene rings is 1. The first-order valence-electron chi connectivity index (χ1n) is 9.85. The number of nitrogens with zero attached hydrogens (tertiary/aromatic N) is 3. The molecule has 27 heavy (non-hydrogen) atoms. The lowest BCUT2D eigenvalue weighted by atomic mass is 10.0. The normalized spacial score (nSPS) is 18.1. The van der Waals surface area contributed by atoms with Crippen LogP contribution >= 0.6 is 12.2 Å². The average molecular weight is 382 g/mol. The fourth-order valence-electron chi connectivity index (χ4n) is 4.07. The Morgan fingerprint density at radius 1 is 1.15 bits per heavy atom. The number of imidazole rings is 1. The van der Waals surface area contributed by atoms with Crippen molar-refractivity contribution in [1.29, 1.82) is 0 Å². The number of hydrazone groups is 1. The van der Waals surface area contributed by atoms with E-state index in [1.54, 1.807) is 0 Å². The lowest BCUT2D eigenvalue weighted by Crippen LogP contribution is -2.01. The Morgan fingerprint density at radius 3 is 2.74 bits per heavy atom. The van der Waals surface area contributed by atoms with Crippen LogP contribution in [0.2, 0.25) is 0 Å². The van der Waals surface area contributed by atoms with Gasteiger partial charge in [-0.2, -0.15) is 5.10 Å². The van der Waals surface area contributed by atoms with Crippen molar-refractivity contribution in [2.24, 2.45) is 5.10 Å². The molecule has 0 saturated heterocycles. The van der Waals surface area contributed by atoms with Crippen LogP contribution in [0.1, 0.15) is 51.3 Å². The standard InChI is InChI=1S/C21H27N5S/c1-4-9-26-19-10-16-15-8-6-7-14(3)12-22-23-13-18(15)24-17(16)11-20(19)25(5-2)21(26)27/h10-13,22,24H,4-9H2,1-3H3/b14-12+,23-13+. The lowest BCUT2D eigenvalue weighted by molar-refractivity contribution is 0.652. The van der Waals surface area contributed by atoms with E-state index in [0.29, 0.717) is 0 Å². The summed E-state index contributed by atoms with van der Waals surface area (Å²) in [6, 6.07) is 4.58. The number of H-pyrrole nitrogens is 1. The van der Waals surface area contributed by atoms with E-state index in [2.05, 4.69) is 57.5 Å². The van der Waals surface area contributed by atoms with Crippen molar-refractivity contribution in [3.8, 4) is 0 Å². The molecule has 0 radical (unpaired) electrons. The average Bonchev–Trinajstić information content (AvgIpc) is 3.12. The van der Waals surface area contributed by atoms with E-state index in [-0.39, 0.29) is 0 Å². The van der Waals surface area contributed by atoms with Crippen LogP contribution in [0.25, 0.3) is 21.9 Å². The second-order valence-corrected chi connectivity index (χ2v) is 7.68. The summed E-state index contributed by atoms with van der Waals surface area (Å²) < 4.78 is 5.44. The van der Waals surface area contributed by atoms with Gasteiger partial charge >= 0.3 is 0 Å². The monoisotopic (exact) mass is 381 g/mol. The van der Waals surface area contributed by atoms with E-state index in [9.17, 15) is 0 Å². The molecule has 1 aliphatic heterocycles. The fraction of sp³-hybridized carbons (Fsp3) is 0.429. The van der Waals surface area contributed by atoms with E-state index in [1.807, 2.05) is 12.4 Å². The van der Waals surface area contributed by atoms with Crippen LogP contribution in [-0.4, -0.2) is 20.3 Å². The molecule has 0 spiro atoms. The van der Waals surface area contributed by atoms with Gasteiger partial charge in [-0.3, -0.25) is 5.43 Å². The molecule has 3 heterocycles. The molecule has 1 aliphatic rings. The van der Waals surface area contributed by atoms with Gasteiger partial charge in [0.05, 0.1) is 22.9 Å². The number of allylic oxidation sites excluding steroid dienone is 1. The molecule has 2 aromatic heterocycles. The molecule has 0 saturated carbocycles. The number of aryl methyl sites for hydroxylation is 3. The van der Waals surface area contributed by atoms with Gasteiger partial charge in [-0.05, 0) is 69.4 Å². The molecule has 3 aromatic rings. The zero-order valence-corrected chi connectivity index (χ0v) is 17.1. The smallest absolute Gasteiger partial charge is 0.180 e. The molecule has 2 N–H and O–H groups in total. The van der Waals surface area contributed by atoms with E-state index in [1.165, 1.54) is 27.6 Å². The topological polar surface area (TPSA) is 50.0 Å². The van der Waals surface area contributed by atoms with Gasteiger partial charge in [-0.15, -0.1) is 0 Å². The number of nitrogens with one attached hydrogen (secondary N) is 2. The Bertz CT molecular complexity index is 1110. The summed E-state index contributed by atoms with van der Waals surface area (Å²) in [6.07, 6.45) is 8.22. The Balaban J connectivity index is 1.94. The minimum absolute atomic E-state index is 0.883. The lowest BCUT2D eigenvalue weighted by Gasteiger charge is -2.06. The summed E-state index contributed by atoms with van der Waals surface area (Å²) in [7, 11) is 0. The van der Waals surface area contributed by atoms with E-state index >= 15 is 0 Å². The van der Waals surface area contributed by atoms with Gasteiger partial charge < -0.3 is 14.1 Å². The van der Waals surface area contributed by atoms with Crippen LogP contribution in [0.15, 0.2) is 29.0 Å². The molecule has 0 bridgehead atoms. The molecular formula is C21H27N5S. The van der Waals surface area contributed by atoms with E-state index in [0.717, 1.165) is 54.8 Å². The van der Waals surface area contributed by atoms with Crippen molar-refractivity contribution >= 4 is 40.4 Å². The van der Waals surface area contributed by atoms with Crippen LogP contribution in [0.5, 0.6) is 0 Å². The Labute approximate surface area is 164 Å². The van der Waals surface area contributed by atoms with Crippen molar-refractivity contribution in [2.45, 2.75) is 59.5 Å². The first kappa shape index (κ1) is 18.0. The molecule has 0 atom stereocenters. The van der Waals surface area contributed by atoms with Crippen molar-refractivity contribution in [2.75, 3.05) is 0 Å². The highest BCUT2D eigenvalue weighted by Gasteiger charge is 2.16. The second kappa shape index (κ2) is 7.35. The van der Waals surface area contributed by atoms with Crippen molar-refractivity contribution in [3.63, 3.8) is 0 Å². The number of aromatic amines is 1. The number of fused-ring (bicyclic) bond motifs is 4. The van der Waals surface area contributed by atoms with E-state index in [4.69, 9.17) is 12.2 Å². The molecule has 0 fully saturated rings. The predicted molar refractivity (Wildman–Crippen MR) is 116 cm³/mol. The maximum Gasteiger partial charge on any atom is 0.180 e. The molecule has 142 valence electrons. The molecule has 5 nitrogen and oxygen atoms in total. The van der Waals surface area contributed by atoms with Crippen LogP contribution < -0.4 is 5.43 Å². The SMILES string of the molecule is CCCn1c(=S)n(CC)c2cc3[nH]c4c(c3cc21)CCC/C(C)=C/N/N=C/4. The second-order valence-electron chi connectivity index (χ2n) is 7.31. The van der Waals surface area contributed by atoms with E-state index < -0.39 is 0 Å². The summed E-state index contributed by atoms with van der Waals surface area (Å²) in [5, 5.41) is 5.65. The summed E-state index contributed by atoms with van der Waals surface area (Å²) in [5.41, 5.74) is 10.4. The largest absolute Gasteiger partial charge is 0.353 e. The van der Waals surface area contributed by atoms with Crippen molar-refractivity contribution in [3.05, 3.63) is 39.9 Å². The Hall–Kier alpha value is -2.34. The van der Waals surface area contributed by atoms with Gasteiger partial charge in [-0.1, -0.05) is 12.5 Å². The third-order valence-electron chi connectivity index (χ3n) is 5.42. The molecule has 6 heteroatoms. The minimum Gasteiger partial charge on any atom is -0.353 e. The third-order valence-corrected chi connectivity index (χ3v) is 5.86. The number of aromatic nitrogens is 3. The summed E-state index contributed by atoms with van der Waals surface area (Å²) >= 11 is 5.76. The Morgan fingerprint density at radius 2 is 1.96 bits per heavy atom. The summed E-state index contributed by atoms with van der Waals surface area (Å²) in [4.78, 5) is 3.58. The van der Waals surface area contributed by atoms with Crippen molar-refractivity contribution < 1.29 is 0 Å². The maximum absolute atomic E-state index is 5.76. The summed E-state index contributed by atoms with van der Waals surface area (Å²) in [6.45, 7) is 8.34. The first-order chi connectivity index (χ1) is 13.1. The number of rotatable bonds is 3. The van der Waals surface area contributed by atoms with Gasteiger partial charge in [0.25, 0.3) is 0 Å². The first-order valence-corrected chi connectivity index (χ1v) is 10.3. The number of hydrogen-bond acceptors (Lipinski definition) is 3. The Kier molecular flexibility index (Phi) is 4.91. The van der Waals surface area contributed by atoms with Gasteiger partial charge in [0, 0.05) is 30.2 Å². The van der Waals surface area contributed by atoms with Gasteiger partial charge in [-0.25, -0.2) is 0 Å². The van der Waals surface area contributed by atoms with Gasteiger partial charge in [0.15, 0.2) is 4.77 Å². The zero-order chi connectivity index (χ0) is 19.0. The molecule has 0 aliphatic carbocycles.